The Balaban J connectivity index is 0. The molecule has 5 heteroatoms. The first kappa shape index (κ1) is 10.9. The van der Waals surface area contributed by atoms with Gasteiger partial charge in [-0.1, -0.05) is 0 Å². The Hall–Kier alpha value is 0.01000. The number of halogens is 2. The quantitative estimate of drug-likeness (QED) is 0.646. The van der Waals surface area contributed by atoms with Crippen LogP contribution in [0.4, 0.5) is 5.13 Å². The average molecular weight is 173 g/mol. The molecule has 0 saturated heterocycles. The lowest BCUT2D eigenvalue weighted by Gasteiger charge is -1.67. The summed E-state index contributed by atoms with van der Waals surface area (Å²) in [5.74, 6) is 0. The number of aromatic nitrogens is 1. The molecule has 0 spiro atoms. The first-order valence-corrected chi connectivity index (χ1v) is 2.42. The van der Waals surface area contributed by atoms with Gasteiger partial charge in [-0.25, -0.2) is 4.98 Å². The molecule has 2 N–H and O–H groups in total. The number of thiazole rings is 1. The van der Waals surface area contributed by atoms with Crippen LogP contribution in [0.1, 0.15) is 0 Å². The second-order valence-electron chi connectivity index (χ2n) is 0.870. The first-order chi connectivity index (χ1) is 2.89. The molecule has 0 fully saturated rings. The summed E-state index contributed by atoms with van der Waals surface area (Å²) in [6.07, 6.45) is 1.68. The number of hydrogen-bond donors (Lipinski definition) is 1. The monoisotopic (exact) mass is 172 g/mol. The molecule has 0 aliphatic carbocycles. The van der Waals surface area contributed by atoms with Crippen LogP contribution < -0.4 is 5.73 Å². The normalized spacial score (nSPS) is 6.50. The fourth-order valence-electron chi connectivity index (χ4n) is 0.234. The van der Waals surface area contributed by atoms with E-state index in [1.807, 2.05) is 5.38 Å². The second-order valence-corrected chi connectivity index (χ2v) is 1.80. The highest BCUT2D eigenvalue weighted by Crippen LogP contribution is 2.02. The van der Waals surface area contributed by atoms with Gasteiger partial charge in [0.15, 0.2) is 5.13 Å². The van der Waals surface area contributed by atoms with Crippen molar-refractivity contribution in [1.82, 2.24) is 4.98 Å². The molecular weight excluding hydrogens is 167 g/mol. The maximum atomic E-state index is 5.19. The van der Waals surface area contributed by atoms with Crippen LogP contribution in [0.15, 0.2) is 11.6 Å². The molecule has 1 aromatic heterocycles. The third-order valence-corrected chi connectivity index (χ3v) is 1.06. The van der Waals surface area contributed by atoms with Gasteiger partial charge in [-0.15, -0.1) is 36.2 Å². The molecule has 48 valence electrons. The Morgan fingerprint density at radius 2 is 2.12 bits per heavy atom. The Morgan fingerprint density at radius 3 is 2.25 bits per heavy atom. The van der Waals surface area contributed by atoms with E-state index in [1.54, 1.807) is 6.20 Å². The molecule has 2 nitrogen and oxygen atoms in total. The van der Waals surface area contributed by atoms with Crippen LogP contribution >= 0.6 is 36.2 Å². The summed E-state index contributed by atoms with van der Waals surface area (Å²) >= 11 is 1.44. The van der Waals surface area contributed by atoms with Crippen molar-refractivity contribution >= 4 is 41.3 Å². The molecular formula is C3H6Cl2N2S. The van der Waals surface area contributed by atoms with Crippen molar-refractivity contribution in [1.29, 1.82) is 0 Å². The number of nitrogen functional groups attached to an aromatic ring is 1. The van der Waals surface area contributed by atoms with E-state index in [2.05, 4.69) is 4.98 Å². The minimum absolute atomic E-state index is 0. The smallest absolute Gasteiger partial charge is 0.179 e. The zero-order valence-electron chi connectivity index (χ0n) is 3.90. The minimum atomic E-state index is 0. The lowest BCUT2D eigenvalue weighted by atomic mass is 11.0. The molecule has 0 atom stereocenters. The molecule has 1 aromatic rings. The second kappa shape index (κ2) is 5.15. The zero-order chi connectivity index (χ0) is 4.41. The SMILES string of the molecule is Cl.Cl.Nc1nccs1. The molecule has 8 heavy (non-hydrogen) atoms. The molecule has 0 aromatic carbocycles. The van der Waals surface area contributed by atoms with Gasteiger partial charge >= 0.3 is 0 Å². The summed E-state index contributed by atoms with van der Waals surface area (Å²) in [6.45, 7) is 0. The molecule has 0 unspecified atom stereocenters. The van der Waals surface area contributed by atoms with Gasteiger partial charge in [0.05, 0.1) is 0 Å². The number of rotatable bonds is 0. The van der Waals surface area contributed by atoms with E-state index in [-0.39, 0.29) is 24.8 Å². The zero-order valence-corrected chi connectivity index (χ0v) is 6.35. The molecule has 1 heterocycles. The number of nitrogens with two attached hydrogens (primary N) is 1. The van der Waals surface area contributed by atoms with Gasteiger partial charge in [-0.3, -0.25) is 0 Å². The summed E-state index contributed by atoms with van der Waals surface area (Å²) in [4.78, 5) is 3.71. The van der Waals surface area contributed by atoms with Crippen LogP contribution in [-0.4, -0.2) is 4.98 Å². The van der Waals surface area contributed by atoms with Gasteiger partial charge in [0, 0.05) is 11.6 Å². The fraction of sp³-hybridized carbons (Fsp3) is 0. The van der Waals surface area contributed by atoms with Crippen LogP contribution in [0.5, 0.6) is 0 Å². The largest absolute Gasteiger partial charge is 0.375 e. The van der Waals surface area contributed by atoms with Crippen LogP contribution in [0, 0.1) is 0 Å². The highest BCUT2D eigenvalue weighted by Gasteiger charge is 1.76. The topological polar surface area (TPSA) is 38.9 Å². The van der Waals surface area contributed by atoms with Gasteiger partial charge in [-0.05, 0) is 0 Å². The summed E-state index contributed by atoms with van der Waals surface area (Å²) in [5.41, 5.74) is 5.19. The van der Waals surface area contributed by atoms with Crippen LogP contribution in [-0.2, 0) is 0 Å². The van der Waals surface area contributed by atoms with E-state index in [4.69, 9.17) is 5.73 Å². The van der Waals surface area contributed by atoms with Gasteiger partial charge in [0.2, 0.25) is 0 Å². The molecule has 0 aliphatic rings. The fourth-order valence-corrected chi connectivity index (χ4v) is 0.617. The van der Waals surface area contributed by atoms with E-state index in [1.165, 1.54) is 11.3 Å². The van der Waals surface area contributed by atoms with Crippen molar-refractivity contribution in [2.75, 3.05) is 5.73 Å². The van der Waals surface area contributed by atoms with Crippen LogP contribution in [0.2, 0.25) is 0 Å². The summed E-state index contributed by atoms with van der Waals surface area (Å²) < 4.78 is 0. The molecule has 0 radical (unpaired) electrons. The highest BCUT2D eigenvalue weighted by atomic mass is 35.5. The average Bonchev–Trinajstić information content (AvgIpc) is 1.86. The van der Waals surface area contributed by atoms with Crippen molar-refractivity contribution in [3.63, 3.8) is 0 Å². The Bertz CT molecular complexity index is 119. The first-order valence-electron chi connectivity index (χ1n) is 1.54. The van der Waals surface area contributed by atoms with Crippen LogP contribution in [0.3, 0.4) is 0 Å². The van der Waals surface area contributed by atoms with Gasteiger partial charge in [0.25, 0.3) is 0 Å². The lowest BCUT2D eigenvalue weighted by molar-refractivity contribution is 1.43. The van der Waals surface area contributed by atoms with E-state index in [9.17, 15) is 0 Å². The van der Waals surface area contributed by atoms with E-state index < -0.39 is 0 Å². The van der Waals surface area contributed by atoms with Gasteiger partial charge < -0.3 is 5.73 Å². The van der Waals surface area contributed by atoms with Crippen molar-refractivity contribution in [3.8, 4) is 0 Å². The molecule has 0 amide bonds. The maximum Gasteiger partial charge on any atom is 0.179 e. The Labute approximate surface area is 63.9 Å². The van der Waals surface area contributed by atoms with E-state index in [0.29, 0.717) is 5.13 Å². The molecule has 0 bridgehead atoms. The van der Waals surface area contributed by atoms with Crippen molar-refractivity contribution in [3.05, 3.63) is 11.6 Å². The number of nitrogens with zero attached hydrogens (tertiary/aromatic N) is 1. The number of anilines is 1. The lowest BCUT2D eigenvalue weighted by Crippen LogP contribution is -1.77. The van der Waals surface area contributed by atoms with E-state index in [0.717, 1.165) is 0 Å². The highest BCUT2D eigenvalue weighted by molar-refractivity contribution is 7.13. The Morgan fingerprint density at radius 1 is 1.50 bits per heavy atom. The summed E-state index contributed by atoms with van der Waals surface area (Å²) in [7, 11) is 0. The Kier molecular flexibility index (Phi) is 7.02. The maximum absolute atomic E-state index is 5.19. The van der Waals surface area contributed by atoms with Crippen molar-refractivity contribution in [2.24, 2.45) is 0 Å². The minimum Gasteiger partial charge on any atom is -0.375 e. The standard InChI is InChI=1S/C3H4N2S.2ClH/c4-3-5-1-2-6-3;;/h1-2H,(H2,4,5);2*1H. The van der Waals surface area contributed by atoms with Crippen molar-refractivity contribution < 1.29 is 0 Å². The van der Waals surface area contributed by atoms with Crippen LogP contribution in [0.25, 0.3) is 0 Å². The summed E-state index contributed by atoms with van der Waals surface area (Å²) in [5, 5.41) is 2.48. The molecule has 0 saturated carbocycles. The third kappa shape index (κ3) is 3.07. The molecule has 1 rings (SSSR count). The summed E-state index contributed by atoms with van der Waals surface area (Å²) in [6, 6.07) is 0. The predicted molar refractivity (Wildman–Crippen MR) is 41.0 cm³/mol. The predicted octanol–water partition coefficient (Wildman–Crippen LogP) is 1.57. The number of hydrogen-bond acceptors (Lipinski definition) is 3. The van der Waals surface area contributed by atoms with Crippen molar-refractivity contribution in [2.45, 2.75) is 0 Å². The third-order valence-electron chi connectivity index (χ3n) is 0.451. The molecule has 0 aliphatic heterocycles. The van der Waals surface area contributed by atoms with Gasteiger partial charge in [0.1, 0.15) is 0 Å². The van der Waals surface area contributed by atoms with E-state index >= 15 is 0 Å². The van der Waals surface area contributed by atoms with Gasteiger partial charge in [-0.2, -0.15) is 0 Å².